The maximum atomic E-state index is 13.1. The number of aromatic amines is 1. The van der Waals surface area contributed by atoms with Crippen molar-refractivity contribution < 1.29 is 9.59 Å². The largest absolute Gasteiger partial charge is 0.335 e. The number of carbonyl (C=O) groups excluding carboxylic acids is 2. The Morgan fingerprint density at radius 3 is 2.09 bits per heavy atom. The summed E-state index contributed by atoms with van der Waals surface area (Å²) in [5.41, 5.74) is 1.49. The first-order valence-corrected chi connectivity index (χ1v) is 10.8. The summed E-state index contributed by atoms with van der Waals surface area (Å²) in [6.07, 6.45) is 1.64. The van der Waals surface area contributed by atoms with Gasteiger partial charge in [-0.1, -0.05) is 42.5 Å². The number of piperazine rings is 1. The summed E-state index contributed by atoms with van der Waals surface area (Å²) in [6, 6.07) is 22.2. The van der Waals surface area contributed by atoms with Crippen LogP contribution in [-0.2, 0) is 0 Å². The molecule has 2 aromatic carbocycles. The lowest BCUT2D eigenvalue weighted by atomic mass is 10.0. The van der Waals surface area contributed by atoms with Gasteiger partial charge in [0.2, 0.25) is 0 Å². The number of benzene rings is 2. The molecule has 1 aliphatic heterocycles. The molecule has 7 heteroatoms. The maximum Gasteiger partial charge on any atom is 0.261 e. The van der Waals surface area contributed by atoms with Gasteiger partial charge < -0.3 is 14.8 Å². The molecular formula is C26H22N4O3. The third kappa shape index (κ3) is 4.01. The molecule has 4 aromatic rings. The molecule has 0 radical (unpaired) electrons. The highest BCUT2D eigenvalue weighted by atomic mass is 16.2. The van der Waals surface area contributed by atoms with Gasteiger partial charge in [0.25, 0.3) is 17.4 Å². The average Bonchev–Trinajstić information content (AvgIpc) is 2.88. The molecule has 7 nitrogen and oxygen atoms in total. The topological polar surface area (TPSA) is 86.4 Å². The van der Waals surface area contributed by atoms with Gasteiger partial charge in [0.1, 0.15) is 5.56 Å². The normalized spacial score (nSPS) is 13.8. The zero-order valence-electron chi connectivity index (χ0n) is 17.9. The van der Waals surface area contributed by atoms with E-state index < -0.39 is 5.56 Å². The van der Waals surface area contributed by atoms with Crippen LogP contribution in [0.5, 0.6) is 0 Å². The predicted octanol–water partition coefficient (Wildman–Crippen LogP) is 3.19. The molecule has 0 aliphatic carbocycles. The summed E-state index contributed by atoms with van der Waals surface area (Å²) in [5, 5.41) is 1.94. The Balaban J connectivity index is 1.29. The smallest absolute Gasteiger partial charge is 0.261 e. The van der Waals surface area contributed by atoms with Crippen molar-refractivity contribution in [3.8, 4) is 11.4 Å². The van der Waals surface area contributed by atoms with Crippen LogP contribution < -0.4 is 5.56 Å². The second-order valence-corrected chi connectivity index (χ2v) is 7.94. The van der Waals surface area contributed by atoms with Crippen molar-refractivity contribution in [1.29, 1.82) is 0 Å². The van der Waals surface area contributed by atoms with Crippen LogP contribution in [0.1, 0.15) is 20.7 Å². The monoisotopic (exact) mass is 438 g/mol. The Labute approximate surface area is 190 Å². The fourth-order valence-corrected chi connectivity index (χ4v) is 4.18. The summed E-state index contributed by atoms with van der Waals surface area (Å²) in [5.74, 6) is -0.377. The lowest BCUT2D eigenvalue weighted by Crippen LogP contribution is -2.51. The number of H-pyrrole nitrogens is 1. The highest BCUT2D eigenvalue weighted by molar-refractivity contribution is 6.07. The van der Waals surface area contributed by atoms with E-state index in [1.165, 1.54) is 0 Å². The van der Waals surface area contributed by atoms with Gasteiger partial charge in [-0.15, -0.1) is 0 Å². The van der Waals surface area contributed by atoms with Gasteiger partial charge in [0.05, 0.1) is 11.4 Å². The van der Waals surface area contributed by atoms with Gasteiger partial charge in [0.15, 0.2) is 0 Å². The molecule has 33 heavy (non-hydrogen) atoms. The van der Waals surface area contributed by atoms with E-state index in [1.54, 1.807) is 40.3 Å². The molecule has 0 saturated carbocycles. The van der Waals surface area contributed by atoms with Gasteiger partial charge in [-0.3, -0.25) is 19.4 Å². The van der Waals surface area contributed by atoms with E-state index in [-0.39, 0.29) is 17.4 Å². The summed E-state index contributed by atoms with van der Waals surface area (Å²) in [4.78, 5) is 49.1. The third-order valence-corrected chi connectivity index (χ3v) is 5.95. The molecule has 0 spiro atoms. The van der Waals surface area contributed by atoms with Crippen LogP contribution in [0.25, 0.3) is 22.2 Å². The summed E-state index contributed by atoms with van der Waals surface area (Å²) in [6.45, 7) is 1.57. The number of hydrogen-bond donors (Lipinski definition) is 1. The average molecular weight is 438 g/mol. The number of nitrogens with zero attached hydrogens (tertiary/aromatic N) is 3. The van der Waals surface area contributed by atoms with Crippen molar-refractivity contribution in [3.05, 3.63) is 100 Å². The molecule has 1 aliphatic rings. The van der Waals surface area contributed by atoms with Gasteiger partial charge in [-0.05, 0) is 41.1 Å². The molecular weight excluding hydrogens is 416 g/mol. The van der Waals surface area contributed by atoms with Gasteiger partial charge in [-0.2, -0.15) is 0 Å². The van der Waals surface area contributed by atoms with E-state index >= 15 is 0 Å². The number of rotatable bonds is 3. The quantitative estimate of drug-likeness (QED) is 0.532. The molecule has 0 atom stereocenters. The molecule has 1 saturated heterocycles. The lowest BCUT2D eigenvalue weighted by Gasteiger charge is -2.35. The predicted molar refractivity (Wildman–Crippen MR) is 126 cm³/mol. The van der Waals surface area contributed by atoms with Crippen molar-refractivity contribution in [2.24, 2.45) is 0 Å². The first-order valence-electron chi connectivity index (χ1n) is 10.8. The van der Waals surface area contributed by atoms with E-state index in [1.807, 2.05) is 48.5 Å². The molecule has 2 amide bonds. The maximum absolute atomic E-state index is 13.1. The molecule has 1 N–H and O–H groups in total. The van der Waals surface area contributed by atoms with Crippen molar-refractivity contribution in [3.63, 3.8) is 0 Å². The second-order valence-electron chi connectivity index (χ2n) is 7.94. The fourth-order valence-electron chi connectivity index (χ4n) is 4.18. The molecule has 2 aromatic heterocycles. The van der Waals surface area contributed by atoms with Gasteiger partial charge >= 0.3 is 0 Å². The van der Waals surface area contributed by atoms with E-state index in [9.17, 15) is 14.4 Å². The van der Waals surface area contributed by atoms with Crippen LogP contribution in [0.4, 0.5) is 0 Å². The summed E-state index contributed by atoms with van der Waals surface area (Å²) >= 11 is 0. The molecule has 0 unspecified atom stereocenters. The summed E-state index contributed by atoms with van der Waals surface area (Å²) < 4.78 is 0. The SMILES string of the molecule is O=C(c1ccc(-c2ccccn2)[nH]c1=O)N1CCN(C(=O)c2cccc3ccccc23)CC1. The number of fused-ring (bicyclic) bond motifs is 1. The number of carbonyl (C=O) groups is 2. The molecule has 5 rings (SSSR count). The molecule has 3 heterocycles. The number of amides is 2. The standard InChI is InChI=1S/C26H22N4O3/c31-24-21(11-12-23(28-24)22-10-3-4-13-27-22)26(33)30-16-14-29(15-17-30)25(32)20-9-5-7-18-6-1-2-8-19(18)20/h1-13H,14-17H2,(H,28,31). The van der Waals surface area contributed by atoms with E-state index in [0.717, 1.165) is 10.8 Å². The molecule has 1 fully saturated rings. The third-order valence-electron chi connectivity index (χ3n) is 5.95. The first-order chi connectivity index (χ1) is 16.1. The Morgan fingerprint density at radius 1 is 0.727 bits per heavy atom. The van der Waals surface area contributed by atoms with Crippen LogP contribution in [-0.4, -0.2) is 57.8 Å². The minimum atomic E-state index is -0.447. The minimum Gasteiger partial charge on any atom is -0.335 e. The zero-order chi connectivity index (χ0) is 22.8. The van der Waals surface area contributed by atoms with Crippen LogP contribution in [0.15, 0.2) is 83.8 Å². The Morgan fingerprint density at radius 2 is 1.39 bits per heavy atom. The number of aromatic nitrogens is 2. The van der Waals surface area contributed by atoms with E-state index in [4.69, 9.17) is 0 Å². The highest BCUT2D eigenvalue weighted by Gasteiger charge is 2.27. The van der Waals surface area contributed by atoms with Crippen LogP contribution in [0.2, 0.25) is 0 Å². The van der Waals surface area contributed by atoms with Crippen molar-refractivity contribution >= 4 is 22.6 Å². The highest BCUT2D eigenvalue weighted by Crippen LogP contribution is 2.21. The Bertz CT molecular complexity index is 1380. The van der Waals surface area contributed by atoms with Crippen LogP contribution in [0, 0.1) is 0 Å². The van der Waals surface area contributed by atoms with E-state index in [2.05, 4.69) is 9.97 Å². The van der Waals surface area contributed by atoms with Gasteiger partial charge in [-0.25, -0.2) is 0 Å². The van der Waals surface area contributed by atoms with Crippen LogP contribution >= 0.6 is 0 Å². The summed E-state index contributed by atoms with van der Waals surface area (Å²) in [7, 11) is 0. The van der Waals surface area contributed by atoms with Crippen molar-refractivity contribution in [1.82, 2.24) is 19.8 Å². The fraction of sp³-hybridized carbons (Fsp3) is 0.154. The lowest BCUT2D eigenvalue weighted by molar-refractivity contribution is 0.0535. The van der Waals surface area contributed by atoms with Crippen LogP contribution in [0.3, 0.4) is 0 Å². The minimum absolute atomic E-state index is 0.0449. The van der Waals surface area contributed by atoms with E-state index in [0.29, 0.717) is 43.1 Å². The second kappa shape index (κ2) is 8.70. The molecule has 164 valence electrons. The van der Waals surface area contributed by atoms with Crippen molar-refractivity contribution in [2.75, 3.05) is 26.2 Å². The Kier molecular flexibility index (Phi) is 5.44. The number of hydrogen-bond acceptors (Lipinski definition) is 4. The first kappa shape index (κ1) is 20.6. The Hall–Kier alpha value is -4.26. The molecule has 0 bridgehead atoms. The number of nitrogens with one attached hydrogen (secondary N) is 1. The van der Waals surface area contributed by atoms with Gasteiger partial charge in [0, 0.05) is 37.9 Å². The van der Waals surface area contributed by atoms with Crippen molar-refractivity contribution in [2.45, 2.75) is 0 Å². The number of pyridine rings is 2. The zero-order valence-corrected chi connectivity index (χ0v) is 17.9.